The van der Waals surface area contributed by atoms with Crippen LogP contribution >= 0.6 is 0 Å². The number of fused-ring (bicyclic) bond motifs is 1. The minimum Gasteiger partial charge on any atom is -0.495 e. The fraction of sp³-hybridized carbons (Fsp3) is 0.0526. The van der Waals surface area contributed by atoms with E-state index in [-0.39, 0.29) is 5.57 Å². The lowest BCUT2D eigenvalue weighted by Gasteiger charge is -2.08. The van der Waals surface area contributed by atoms with Crippen LogP contribution in [0.1, 0.15) is 0 Å². The fourth-order valence-electron chi connectivity index (χ4n) is 2.30. The number of ether oxygens (including phenoxy) is 1. The van der Waals surface area contributed by atoms with Crippen molar-refractivity contribution in [1.29, 1.82) is 0 Å². The summed E-state index contributed by atoms with van der Waals surface area (Å²) in [5.74, 6) is 0.303. The molecule has 2 aromatic rings. The van der Waals surface area contributed by atoms with E-state index in [0.29, 0.717) is 16.8 Å². The first-order valence-corrected chi connectivity index (χ1v) is 7.85. The Balaban J connectivity index is 1.71. The summed E-state index contributed by atoms with van der Waals surface area (Å²) in [6.07, 6.45) is 1.55. The lowest BCUT2D eigenvalue weighted by Crippen LogP contribution is -2.32. The van der Waals surface area contributed by atoms with Gasteiger partial charge in [-0.15, -0.1) is 5.10 Å². The second-order valence-corrected chi connectivity index (χ2v) is 5.35. The first-order valence-electron chi connectivity index (χ1n) is 7.85. The number of hydrogen-bond acceptors (Lipinski definition) is 5. The standard InChI is InChI=1S/C19H14N4O4/c1-27-16-9-5-4-8-15(16)22-18(25)19(26)23-20-11-13-10-12-6-2-3-7-14(12)21-17(13)24/h2-10H,1H3,(H,22,25)(H,23,26). The van der Waals surface area contributed by atoms with E-state index in [0.717, 1.165) is 5.22 Å². The molecule has 0 unspecified atom stereocenters. The highest BCUT2D eigenvalue weighted by Crippen LogP contribution is 2.22. The van der Waals surface area contributed by atoms with Crippen molar-refractivity contribution in [1.82, 2.24) is 5.43 Å². The number of carbonyl (C=O) groups excluding carboxylic acids is 3. The van der Waals surface area contributed by atoms with Crippen LogP contribution in [0.15, 0.2) is 64.2 Å². The van der Waals surface area contributed by atoms with Gasteiger partial charge in [-0.05, 0) is 24.3 Å². The van der Waals surface area contributed by atoms with Gasteiger partial charge in [-0.25, -0.2) is 10.4 Å². The van der Waals surface area contributed by atoms with E-state index in [4.69, 9.17) is 4.74 Å². The Morgan fingerprint density at radius 1 is 1.07 bits per heavy atom. The monoisotopic (exact) mass is 362 g/mol. The van der Waals surface area contributed by atoms with Crippen molar-refractivity contribution >= 4 is 35.4 Å². The third-order valence-electron chi connectivity index (χ3n) is 3.58. The summed E-state index contributed by atoms with van der Waals surface area (Å²) in [4.78, 5) is 39.6. The lowest BCUT2D eigenvalue weighted by molar-refractivity contribution is -0.136. The molecule has 3 rings (SSSR count). The molecule has 8 nitrogen and oxygen atoms in total. The summed E-state index contributed by atoms with van der Waals surface area (Å²) in [6.45, 7) is 0. The Morgan fingerprint density at radius 3 is 2.63 bits per heavy atom. The summed E-state index contributed by atoms with van der Waals surface area (Å²) in [5.41, 5.74) is 2.43. The second kappa shape index (κ2) is 7.90. The number of benzene rings is 2. The summed E-state index contributed by atoms with van der Waals surface area (Å²) in [5, 5.41) is 7.22. The Hall–Kier alpha value is -4.03. The average molecular weight is 362 g/mol. The van der Waals surface area contributed by atoms with E-state index in [9.17, 15) is 14.4 Å². The van der Waals surface area contributed by atoms with Crippen LogP contribution in [0.2, 0.25) is 0 Å². The number of hydrazone groups is 1. The molecule has 2 N–H and O–H groups in total. The molecule has 0 fully saturated rings. The number of hydrogen-bond donors (Lipinski definition) is 2. The SMILES string of the molecule is COc1ccccc1NC(=O)C(=O)NN=C=C1C=c2ccccc2=NC1=O. The van der Waals surface area contributed by atoms with Gasteiger partial charge in [-0.1, -0.05) is 30.3 Å². The van der Waals surface area contributed by atoms with Crippen LogP contribution in [-0.4, -0.2) is 30.7 Å². The Bertz CT molecular complexity index is 1110. The molecule has 0 atom stereocenters. The number of rotatable bonds is 3. The summed E-state index contributed by atoms with van der Waals surface area (Å²) in [6, 6.07) is 13.7. The van der Waals surface area contributed by atoms with Crippen molar-refractivity contribution in [3.63, 3.8) is 0 Å². The van der Waals surface area contributed by atoms with Gasteiger partial charge in [-0.3, -0.25) is 14.4 Å². The van der Waals surface area contributed by atoms with Crippen molar-refractivity contribution in [3.8, 4) is 5.75 Å². The van der Waals surface area contributed by atoms with E-state index < -0.39 is 17.7 Å². The molecular weight excluding hydrogens is 348 g/mol. The van der Waals surface area contributed by atoms with Gasteiger partial charge in [0, 0.05) is 11.1 Å². The molecule has 3 amide bonds. The van der Waals surface area contributed by atoms with Gasteiger partial charge in [0.2, 0.25) is 0 Å². The highest BCUT2D eigenvalue weighted by atomic mass is 16.5. The van der Waals surface area contributed by atoms with Crippen LogP contribution in [0.4, 0.5) is 5.69 Å². The van der Waals surface area contributed by atoms with Crippen LogP contribution in [0.5, 0.6) is 5.75 Å². The maximum absolute atomic E-state index is 11.9. The Kier molecular flexibility index (Phi) is 5.20. The molecule has 0 aromatic heterocycles. The summed E-state index contributed by atoms with van der Waals surface area (Å²) in [7, 11) is 1.45. The number of carbonyl (C=O) groups is 3. The minimum absolute atomic E-state index is 0.0686. The number of methoxy groups -OCH3 is 1. The zero-order valence-corrected chi connectivity index (χ0v) is 14.2. The van der Waals surface area contributed by atoms with Gasteiger partial charge in [0.1, 0.15) is 11.3 Å². The predicted molar refractivity (Wildman–Crippen MR) is 97.4 cm³/mol. The Morgan fingerprint density at radius 2 is 1.81 bits per heavy atom. The third-order valence-corrected chi connectivity index (χ3v) is 3.58. The molecule has 1 aliphatic rings. The fourth-order valence-corrected chi connectivity index (χ4v) is 2.30. The van der Waals surface area contributed by atoms with Gasteiger partial charge in [-0.2, -0.15) is 0 Å². The van der Waals surface area contributed by atoms with Gasteiger partial charge in [0.25, 0.3) is 5.91 Å². The molecule has 1 aliphatic heterocycles. The van der Waals surface area contributed by atoms with Crippen LogP contribution in [0.3, 0.4) is 0 Å². The van der Waals surface area contributed by atoms with Gasteiger partial charge < -0.3 is 10.1 Å². The predicted octanol–water partition coefficient (Wildman–Crippen LogP) is -0.0985. The molecule has 0 radical (unpaired) electrons. The van der Waals surface area contributed by atoms with E-state index in [1.807, 2.05) is 5.43 Å². The molecule has 8 heteroatoms. The molecule has 0 spiro atoms. The van der Waals surface area contributed by atoms with Gasteiger partial charge >= 0.3 is 11.8 Å². The van der Waals surface area contributed by atoms with Crippen molar-refractivity contribution in [2.24, 2.45) is 10.1 Å². The highest BCUT2D eigenvalue weighted by Gasteiger charge is 2.15. The maximum atomic E-state index is 11.9. The van der Waals surface area contributed by atoms with Gasteiger partial charge in [0.15, 0.2) is 0 Å². The maximum Gasteiger partial charge on any atom is 0.330 e. The summed E-state index contributed by atoms with van der Waals surface area (Å²) < 4.78 is 5.09. The van der Waals surface area contributed by atoms with E-state index in [2.05, 4.69) is 21.3 Å². The van der Waals surface area contributed by atoms with Crippen molar-refractivity contribution < 1.29 is 19.1 Å². The molecule has 0 saturated carbocycles. The highest BCUT2D eigenvalue weighted by molar-refractivity contribution is 6.39. The minimum atomic E-state index is -1.02. The molecule has 2 aromatic carbocycles. The van der Waals surface area contributed by atoms with Crippen LogP contribution in [0, 0.1) is 0 Å². The van der Waals surface area contributed by atoms with Crippen molar-refractivity contribution in [2.45, 2.75) is 0 Å². The van der Waals surface area contributed by atoms with Gasteiger partial charge in [0.05, 0.1) is 18.2 Å². The zero-order chi connectivity index (χ0) is 19.2. The summed E-state index contributed by atoms with van der Waals surface area (Å²) >= 11 is 0. The van der Waals surface area contributed by atoms with E-state index in [1.165, 1.54) is 7.11 Å². The molecule has 1 heterocycles. The van der Waals surface area contributed by atoms with Crippen LogP contribution < -0.4 is 26.1 Å². The van der Waals surface area contributed by atoms with Crippen molar-refractivity contribution in [3.05, 3.63) is 64.7 Å². The van der Waals surface area contributed by atoms with E-state index >= 15 is 0 Å². The number of nitrogens with zero attached hydrogens (tertiary/aromatic N) is 2. The average Bonchev–Trinajstić information content (AvgIpc) is 2.68. The van der Waals surface area contributed by atoms with E-state index in [1.54, 1.807) is 54.6 Å². The van der Waals surface area contributed by atoms with Crippen LogP contribution in [-0.2, 0) is 14.4 Å². The number of para-hydroxylation sites is 3. The molecule has 0 saturated heterocycles. The van der Waals surface area contributed by atoms with Crippen LogP contribution in [0.25, 0.3) is 6.08 Å². The Labute approximate surface area is 153 Å². The first-order chi connectivity index (χ1) is 13.1. The largest absolute Gasteiger partial charge is 0.495 e. The number of amides is 3. The second-order valence-electron chi connectivity index (χ2n) is 5.35. The topological polar surface area (TPSA) is 109 Å². The number of nitrogens with one attached hydrogen (secondary N) is 2. The zero-order valence-electron chi connectivity index (χ0n) is 14.2. The quantitative estimate of drug-likeness (QED) is 0.344. The third kappa shape index (κ3) is 4.15. The number of anilines is 1. The molecule has 0 bridgehead atoms. The molecule has 27 heavy (non-hydrogen) atoms. The van der Waals surface area contributed by atoms with Crippen molar-refractivity contribution in [2.75, 3.05) is 12.4 Å². The molecule has 134 valence electrons. The molecule has 0 aliphatic carbocycles. The first kappa shape index (κ1) is 17.8. The molecular formula is C19H14N4O4. The smallest absolute Gasteiger partial charge is 0.330 e. The normalized spacial score (nSPS) is 11.9. The lowest BCUT2D eigenvalue weighted by atomic mass is 10.1.